The molecule has 1 saturated heterocycles. The van der Waals surface area contributed by atoms with E-state index < -0.39 is 51.7 Å². The zero-order valence-corrected chi connectivity index (χ0v) is 28.6. The fraction of sp³-hybridized carbons (Fsp3) is 0.500. The molecule has 2 heterocycles. The number of ether oxygens (including phenoxy) is 1. The van der Waals surface area contributed by atoms with E-state index in [1.54, 1.807) is 81.4 Å². The second-order valence-electron chi connectivity index (χ2n) is 13.7. The van der Waals surface area contributed by atoms with Crippen LogP contribution in [0, 0.1) is 11.8 Å². The molecule has 0 radical (unpaired) electrons. The maximum atomic E-state index is 14.4. The van der Waals surface area contributed by atoms with Gasteiger partial charge in [0, 0.05) is 5.92 Å². The van der Waals surface area contributed by atoms with Crippen LogP contribution in [0.2, 0.25) is 18.1 Å². The lowest BCUT2D eigenvalue weighted by atomic mass is 9.79. The molecule has 2 aromatic carbocycles. The van der Waals surface area contributed by atoms with E-state index in [0.717, 1.165) is 0 Å². The minimum Gasteiger partial charge on any atom is -0.455 e. The fourth-order valence-corrected chi connectivity index (χ4v) is 7.85. The maximum Gasteiger partial charge on any atom is 0.646 e. The van der Waals surface area contributed by atoms with E-state index in [4.69, 9.17) is 22.7 Å². The number of rotatable bonds is 10. The molecule has 0 aromatic heterocycles. The lowest BCUT2D eigenvalue weighted by molar-refractivity contribution is -0.166. The van der Waals surface area contributed by atoms with Crippen LogP contribution in [0.25, 0.3) is 0 Å². The van der Waals surface area contributed by atoms with Crippen molar-refractivity contribution >= 4 is 28.0 Å². The summed E-state index contributed by atoms with van der Waals surface area (Å²) in [5.41, 5.74) is -0.949. The minimum atomic E-state index is -4.45. The SMILES string of the molecule is C[C@@H](O[Si](C)(C)C(C)(C)C)[C@H]1C(=O)N2C(C(=O)OC(C)(C)C)=C(OP(=O)(Oc3ccccc3)Oc3ccccc3)[C@H](C)[C@H]12. The van der Waals surface area contributed by atoms with Crippen LogP contribution in [0.4, 0.5) is 0 Å². The standard InChI is InChI=1S/C32H44NO8PSi/c1-21-26-25(22(2)41-43(9,10)32(6,7)8)29(34)33(26)27(30(35)37-31(3,4)5)28(21)40-42(36,38-23-17-13-11-14-18-23)39-24-19-15-12-16-20-24/h11-22,25-26H,1-10H3/t21-,22-,25-,26-/m1/s1. The molecule has 234 valence electrons. The Balaban J connectivity index is 1.73. The number of β-lactam (4-membered cyclic amide) rings is 1. The smallest absolute Gasteiger partial charge is 0.455 e. The maximum absolute atomic E-state index is 14.4. The molecule has 2 aliphatic heterocycles. The molecule has 0 unspecified atom stereocenters. The summed E-state index contributed by atoms with van der Waals surface area (Å²) in [4.78, 5) is 28.8. The average Bonchev–Trinajstić information content (AvgIpc) is 3.11. The van der Waals surface area contributed by atoms with Crippen LogP contribution in [-0.4, -0.2) is 42.8 Å². The molecule has 9 nitrogen and oxygen atoms in total. The van der Waals surface area contributed by atoms with Crippen LogP contribution in [0.5, 0.6) is 11.5 Å². The van der Waals surface area contributed by atoms with Gasteiger partial charge in [0.1, 0.15) is 22.9 Å². The van der Waals surface area contributed by atoms with Crippen molar-refractivity contribution in [1.82, 2.24) is 4.90 Å². The molecule has 2 aliphatic rings. The van der Waals surface area contributed by atoms with Crippen molar-refractivity contribution in [2.45, 2.75) is 91.3 Å². The highest BCUT2D eigenvalue weighted by atomic mass is 31.2. The Kier molecular flexibility index (Phi) is 9.00. The van der Waals surface area contributed by atoms with E-state index in [1.165, 1.54) is 4.90 Å². The fourth-order valence-electron chi connectivity index (χ4n) is 5.06. The zero-order valence-electron chi connectivity index (χ0n) is 26.7. The second kappa shape index (κ2) is 11.8. The van der Waals surface area contributed by atoms with Gasteiger partial charge in [0.2, 0.25) is 5.91 Å². The van der Waals surface area contributed by atoms with Crippen molar-refractivity contribution in [3.63, 3.8) is 0 Å². The second-order valence-corrected chi connectivity index (χ2v) is 19.9. The van der Waals surface area contributed by atoms with E-state index in [2.05, 4.69) is 33.9 Å². The van der Waals surface area contributed by atoms with Gasteiger partial charge in [-0.25, -0.2) is 4.79 Å². The summed E-state index contributed by atoms with van der Waals surface area (Å²) in [6.07, 6.45) is -0.413. The number of para-hydroxylation sites is 2. The van der Waals surface area contributed by atoms with E-state index in [0.29, 0.717) is 0 Å². The van der Waals surface area contributed by atoms with Crippen molar-refractivity contribution in [2.24, 2.45) is 11.8 Å². The monoisotopic (exact) mass is 629 g/mol. The highest BCUT2D eigenvalue weighted by Crippen LogP contribution is 2.57. The number of nitrogens with zero attached hydrogens (tertiary/aromatic N) is 1. The highest BCUT2D eigenvalue weighted by Gasteiger charge is 2.63. The van der Waals surface area contributed by atoms with Crippen molar-refractivity contribution < 1.29 is 36.9 Å². The number of carbonyl (C=O) groups is 2. The number of phosphoric ester groups is 1. The number of fused-ring (bicyclic) bond motifs is 1. The van der Waals surface area contributed by atoms with E-state index >= 15 is 0 Å². The molecular weight excluding hydrogens is 585 g/mol. The Morgan fingerprint density at radius 2 is 1.37 bits per heavy atom. The lowest BCUT2D eigenvalue weighted by Gasteiger charge is -2.49. The van der Waals surface area contributed by atoms with E-state index in [9.17, 15) is 14.2 Å². The molecule has 43 heavy (non-hydrogen) atoms. The predicted molar refractivity (Wildman–Crippen MR) is 167 cm³/mol. The van der Waals surface area contributed by atoms with Crippen LogP contribution in [-0.2, 0) is 27.8 Å². The van der Waals surface area contributed by atoms with Crippen LogP contribution in [0.3, 0.4) is 0 Å². The van der Waals surface area contributed by atoms with Gasteiger partial charge in [0.15, 0.2) is 14.0 Å². The van der Waals surface area contributed by atoms with E-state index in [1.807, 2.05) is 13.8 Å². The van der Waals surface area contributed by atoms with Gasteiger partial charge in [-0.1, -0.05) is 64.1 Å². The van der Waals surface area contributed by atoms with Gasteiger partial charge in [-0.05, 0) is 70.1 Å². The summed E-state index contributed by atoms with van der Waals surface area (Å²) in [6.45, 7) is 19.6. The molecule has 1 fully saturated rings. The third-order valence-electron chi connectivity index (χ3n) is 8.10. The third kappa shape index (κ3) is 7.02. The summed E-state index contributed by atoms with van der Waals surface area (Å²) in [5, 5.41) is -0.0561. The normalized spacial score (nSPS) is 21.6. The van der Waals surface area contributed by atoms with Gasteiger partial charge in [-0.2, -0.15) is 4.57 Å². The Hall–Kier alpha value is -3.07. The first-order valence-electron chi connectivity index (χ1n) is 14.6. The summed E-state index contributed by atoms with van der Waals surface area (Å²) >= 11 is 0. The molecule has 0 aliphatic carbocycles. The first-order chi connectivity index (χ1) is 19.8. The van der Waals surface area contributed by atoms with Crippen molar-refractivity contribution in [2.75, 3.05) is 0 Å². The van der Waals surface area contributed by atoms with Gasteiger partial charge in [-0.15, -0.1) is 0 Å². The summed E-state index contributed by atoms with van der Waals surface area (Å²) in [5.74, 6) is -1.58. The molecular formula is C32H44NO8PSi. The minimum absolute atomic E-state index is 0.0184. The highest BCUT2D eigenvalue weighted by molar-refractivity contribution is 7.49. The molecule has 4 rings (SSSR count). The van der Waals surface area contributed by atoms with Gasteiger partial charge >= 0.3 is 13.8 Å². The molecule has 2 aromatic rings. The van der Waals surface area contributed by atoms with Gasteiger partial charge in [0.05, 0.1) is 18.1 Å². The molecule has 4 atom stereocenters. The zero-order chi connectivity index (χ0) is 32.0. The molecule has 1 amide bonds. The molecule has 0 bridgehead atoms. The van der Waals surface area contributed by atoms with Crippen molar-refractivity contribution in [3.8, 4) is 11.5 Å². The third-order valence-corrected chi connectivity index (χ3v) is 14.0. The Morgan fingerprint density at radius 3 is 1.81 bits per heavy atom. The first kappa shape index (κ1) is 32.8. The number of benzene rings is 2. The topological polar surface area (TPSA) is 101 Å². The summed E-state index contributed by atoms with van der Waals surface area (Å²) < 4.78 is 44.5. The Morgan fingerprint density at radius 1 is 0.884 bits per heavy atom. The Labute approximate surface area is 256 Å². The number of amides is 1. The van der Waals surface area contributed by atoms with Crippen LogP contribution in [0.1, 0.15) is 55.4 Å². The van der Waals surface area contributed by atoms with E-state index in [-0.39, 0.29) is 33.9 Å². The summed E-state index contributed by atoms with van der Waals surface area (Å²) in [7, 11) is -6.66. The van der Waals surface area contributed by atoms with Crippen molar-refractivity contribution in [3.05, 3.63) is 72.1 Å². The largest absolute Gasteiger partial charge is 0.646 e. The van der Waals surface area contributed by atoms with Crippen LogP contribution >= 0.6 is 7.82 Å². The number of carbonyl (C=O) groups excluding carboxylic acids is 2. The van der Waals surface area contributed by atoms with Crippen molar-refractivity contribution in [1.29, 1.82) is 0 Å². The first-order valence-corrected chi connectivity index (χ1v) is 19.0. The number of hydrogen-bond acceptors (Lipinski definition) is 8. The summed E-state index contributed by atoms with van der Waals surface area (Å²) in [6, 6.07) is 16.5. The molecule has 11 heteroatoms. The number of phosphoric acid groups is 1. The Bertz CT molecular complexity index is 1370. The number of hydrogen-bond donors (Lipinski definition) is 0. The van der Waals surface area contributed by atoms with Gasteiger partial charge in [-0.3, -0.25) is 9.69 Å². The van der Waals surface area contributed by atoms with Gasteiger partial charge < -0.3 is 22.7 Å². The molecule has 0 N–H and O–H groups in total. The average molecular weight is 630 g/mol. The van der Waals surface area contributed by atoms with Crippen LogP contribution in [0.15, 0.2) is 72.1 Å². The quantitative estimate of drug-likeness (QED) is 0.114. The van der Waals surface area contributed by atoms with Gasteiger partial charge in [0.25, 0.3) is 0 Å². The van der Waals surface area contributed by atoms with Crippen LogP contribution < -0.4 is 9.05 Å². The number of esters is 1. The molecule has 0 saturated carbocycles. The predicted octanol–water partition coefficient (Wildman–Crippen LogP) is 7.71. The lowest BCUT2D eigenvalue weighted by Crippen LogP contribution is -2.65. The molecule has 0 spiro atoms.